The molecule has 0 aliphatic rings. The Morgan fingerprint density at radius 2 is 2.11 bits per heavy atom. The summed E-state index contributed by atoms with van der Waals surface area (Å²) in [7, 11) is 0. The summed E-state index contributed by atoms with van der Waals surface area (Å²) in [5.74, 6) is 0.908. The summed E-state index contributed by atoms with van der Waals surface area (Å²) in [6.07, 6.45) is 2.37. The Bertz CT molecular complexity index is 355. The second-order valence-electron chi connectivity index (χ2n) is 3.68. The molecule has 6 heteroatoms. The van der Waals surface area contributed by atoms with Gasteiger partial charge in [-0.3, -0.25) is 0 Å². The molecular formula is C12H21BrIN3S. The Morgan fingerprint density at radius 1 is 1.33 bits per heavy atom. The number of hydrogen-bond acceptors (Lipinski definition) is 2. The van der Waals surface area contributed by atoms with Crippen LogP contribution in [0.15, 0.2) is 20.9 Å². The average Bonchev–Trinajstić information content (AvgIpc) is 2.72. The first-order valence-electron chi connectivity index (χ1n) is 6.02. The lowest BCUT2D eigenvalue weighted by Gasteiger charge is -2.10. The summed E-state index contributed by atoms with van der Waals surface area (Å²) in [6.45, 7) is 6.88. The molecule has 0 amide bonds. The van der Waals surface area contributed by atoms with Crippen LogP contribution in [0.3, 0.4) is 0 Å². The van der Waals surface area contributed by atoms with Crippen molar-refractivity contribution in [1.29, 1.82) is 0 Å². The molecular weight excluding hydrogens is 425 g/mol. The number of aliphatic imine (C=N–C) groups is 1. The molecule has 3 nitrogen and oxygen atoms in total. The zero-order valence-electron chi connectivity index (χ0n) is 10.8. The minimum atomic E-state index is 0. The highest BCUT2D eigenvalue weighted by Crippen LogP contribution is 2.22. The van der Waals surface area contributed by atoms with Gasteiger partial charge in [0.1, 0.15) is 0 Å². The van der Waals surface area contributed by atoms with E-state index in [0.717, 1.165) is 29.4 Å². The molecule has 0 fully saturated rings. The molecule has 1 aromatic rings. The molecule has 0 spiro atoms. The van der Waals surface area contributed by atoms with Gasteiger partial charge in [0.25, 0.3) is 0 Å². The van der Waals surface area contributed by atoms with Crippen LogP contribution in [-0.4, -0.2) is 19.0 Å². The normalized spacial score (nSPS) is 10.9. The van der Waals surface area contributed by atoms with Gasteiger partial charge in [0.2, 0.25) is 0 Å². The van der Waals surface area contributed by atoms with E-state index in [1.807, 2.05) is 0 Å². The van der Waals surface area contributed by atoms with Gasteiger partial charge in [-0.25, -0.2) is 4.99 Å². The Hall–Kier alpha value is 0.180. The first kappa shape index (κ1) is 18.2. The molecule has 0 saturated carbocycles. The maximum atomic E-state index is 4.55. The number of rotatable bonds is 6. The predicted molar refractivity (Wildman–Crippen MR) is 95.2 cm³/mol. The molecule has 1 rings (SSSR count). The highest BCUT2D eigenvalue weighted by atomic mass is 127. The zero-order chi connectivity index (χ0) is 12.5. The smallest absolute Gasteiger partial charge is 0.191 e. The van der Waals surface area contributed by atoms with Gasteiger partial charge < -0.3 is 10.6 Å². The summed E-state index contributed by atoms with van der Waals surface area (Å²) in [6, 6.07) is 4.17. The van der Waals surface area contributed by atoms with Crippen molar-refractivity contribution < 1.29 is 0 Å². The van der Waals surface area contributed by atoms with Crippen LogP contribution in [0.5, 0.6) is 0 Å². The van der Waals surface area contributed by atoms with Crippen LogP contribution < -0.4 is 10.6 Å². The lowest BCUT2D eigenvalue weighted by Crippen LogP contribution is -2.37. The van der Waals surface area contributed by atoms with E-state index in [9.17, 15) is 0 Å². The zero-order valence-corrected chi connectivity index (χ0v) is 15.6. The third-order valence-corrected chi connectivity index (χ3v) is 3.80. The number of nitrogens with one attached hydrogen (secondary N) is 2. The molecule has 18 heavy (non-hydrogen) atoms. The Balaban J connectivity index is 0.00000289. The van der Waals surface area contributed by atoms with Crippen molar-refractivity contribution in [3.8, 4) is 0 Å². The van der Waals surface area contributed by atoms with Crippen LogP contribution in [0.2, 0.25) is 0 Å². The number of thiophene rings is 1. The third-order valence-electron chi connectivity index (χ3n) is 2.19. The van der Waals surface area contributed by atoms with Crippen molar-refractivity contribution in [2.75, 3.05) is 13.1 Å². The van der Waals surface area contributed by atoms with Crippen LogP contribution in [0, 0.1) is 0 Å². The van der Waals surface area contributed by atoms with Gasteiger partial charge in [0.05, 0.1) is 10.3 Å². The monoisotopic (exact) mass is 445 g/mol. The van der Waals surface area contributed by atoms with Gasteiger partial charge in [-0.15, -0.1) is 35.3 Å². The minimum Gasteiger partial charge on any atom is -0.357 e. The molecule has 0 unspecified atom stereocenters. The first-order chi connectivity index (χ1) is 8.26. The summed E-state index contributed by atoms with van der Waals surface area (Å²) < 4.78 is 1.16. The maximum absolute atomic E-state index is 4.55. The Labute approximate surface area is 139 Å². The standard InChI is InChI=1S/C12H20BrN3S.HI/c1-3-5-8-15-12(14-4-2)16-9-10-6-7-11(13)17-10;/h6-7H,3-5,8-9H2,1-2H3,(H2,14,15,16);1H. The van der Waals surface area contributed by atoms with Crippen LogP contribution in [0.25, 0.3) is 0 Å². The fourth-order valence-electron chi connectivity index (χ4n) is 1.32. The molecule has 1 aromatic heterocycles. The molecule has 0 atom stereocenters. The van der Waals surface area contributed by atoms with Gasteiger partial charge in [0, 0.05) is 18.0 Å². The summed E-state index contributed by atoms with van der Waals surface area (Å²) in [4.78, 5) is 5.82. The summed E-state index contributed by atoms with van der Waals surface area (Å²) in [5.41, 5.74) is 0. The fourth-order valence-corrected chi connectivity index (χ4v) is 2.73. The van der Waals surface area contributed by atoms with E-state index in [1.54, 1.807) is 11.3 Å². The summed E-state index contributed by atoms with van der Waals surface area (Å²) in [5, 5.41) is 6.58. The Morgan fingerprint density at radius 3 is 2.67 bits per heavy atom. The van der Waals surface area contributed by atoms with Gasteiger partial charge in [0.15, 0.2) is 5.96 Å². The van der Waals surface area contributed by atoms with Crippen molar-refractivity contribution in [3.05, 3.63) is 20.8 Å². The van der Waals surface area contributed by atoms with Crippen molar-refractivity contribution >= 4 is 57.2 Å². The van der Waals surface area contributed by atoms with Crippen LogP contribution in [0.1, 0.15) is 31.6 Å². The topological polar surface area (TPSA) is 36.4 Å². The third kappa shape index (κ3) is 7.58. The van der Waals surface area contributed by atoms with E-state index < -0.39 is 0 Å². The van der Waals surface area contributed by atoms with Crippen molar-refractivity contribution in [1.82, 2.24) is 10.6 Å². The SMILES string of the molecule is CCCCNC(=NCc1ccc(Br)s1)NCC.I. The number of unbranched alkanes of at least 4 members (excludes halogenated alkanes) is 1. The largest absolute Gasteiger partial charge is 0.357 e. The molecule has 1 heterocycles. The Kier molecular flexibility index (Phi) is 11.2. The molecule has 0 radical (unpaired) electrons. The molecule has 104 valence electrons. The van der Waals surface area contributed by atoms with E-state index in [0.29, 0.717) is 0 Å². The van der Waals surface area contributed by atoms with Gasteiger partial charge in [-0.05, 0) is 41.4 Å². The lowest BCUT2D eigenvalue weighted by atomic mass is 10.3. The highest BCUT2D eigenvalue weighted by Gasteiger charge is 1.99. The lowest BCUT2D eigenvalue weighted by molar-refractivity contribution is 0.730. The molecule has 0 aliphatic heterocycles. The van der Waals surface area contributed by atoms with E-state index >= 15 is 0 Å². The quantitative estimate of drug-likeness (QED) is 0.300. The second-order valence-corrected chi connectivity index (χ2v) is 6.23. The molecule has 0 bridgehead atoms. The predicted octanol–water partition coefficient (Wildman–Crippen LogP) is 3.98. The van der Waals surface area contributed by atoms with E-state index in [2.05, 4.69) is 57.5 Å². The van der Waals surface area contributed by atoms with E-state index in [4.69, 9.17) is 0 Å². The van der Waals surface area contributed by atoms with Gasteiger partial charge in [-0.2, -0.15) is 0 Å². The van der Waals surface area contributed by atoms with Crippen LogP contribution in [-0.2, 0) is 6.54 Å². The molecule has 0 aliphatic carbocycles. The number of halogens is 2. The number of nitrogens with zero attached hydrogens (tertiary/aromatic N) is 1. The number of hydrogen-bond donors (Lipinski definition) is 2. The van der Waals surface area contributed by atoms with Gasteiger partial charge >= 0.3 is 0 Å². The molecule has 2 N–H and O–H groups in total. The van der Waals surface area contributed by atoms with Gasteiger partial charge in [-0.1, -0.05) is 13.3 Å². The number of guanidine groups is 1. The van der Waals surface area contributed by atoms with Crippen molar-refractivity contribution in [2.45, 2.75) is 33.2 Å². The van der Waals surface area contributed by atoms with Crippen molar-refractivity contribution in [2.24, 2.45) is 4.99 Å². The van der Waals surface area contributed by atoms with Crippen molar-refractivity contribution in [3.63, 3.8) is 0 Å². The molecule has 0 saturated heterocycles. The first-order valence-corrected chi connectivity index (χ1v) is 7.63. The van der Waals surface area contributed by atoms with E-state index in [-0.39, 0.29) is 24.0 Å². The second kappa shape index (κ2) is 11.0. The maximum Gasteiger partial charge on any atom is 0.191 e. The average molecular weight is 446 g/mol. The highest BCUT2D eigenvalue weighted by molar-refractivity contribution is 14.0. The fraction of sp³-hybridized carbons (Fsp3) is 0.583. The minimum absolute atomic E-state index is 0. The van der Waals surface area contributed by atoms with E-state index in [1.165, 1.54) is 17.7 Å². The summed E-state index contributed by atoms with van der Waals surface area (Å²) >= 11 is 5.19. The molecule has 0 aromatic carbocycles. The van der Waals surface area contributed by atoms with Crippen LogP contribution >= 0.6 is 51.2 Å². The van der Waals surface area contributed by atoms with Crippen LogP contribution in [0.4, 0.5) is 0 Å².